The number of carbonyl (C=O) groups excluding carboxylic acids is 2. The molecule has 174 valence electrons. The molecule has 0 atom stereocenters. The third kappa shape index (κ3) is 6.36. The largest absolute Gasteiger partial charge is 0.496 e. The number of amides is 2. The second kappa shape index (κ2) is 11.7. The Kier molecular flexibility index (Phi) is 8.17. The minimum Gasteiger partial charge on any atom is -0.496 e. The maximum atomic E-state index is 12.5. The molecule has 0 aliphatic carbocycles. The van der Waals surface area contributed by atoms with Gasteiger partial charge in [-0.25, -0.2) is 4.98 Å². The van der Waals surface area contributed by atoms with Crippen LogP contribution in [-0.2, 0) is 22.4 Å². The molecule has 2 amide bonds. The summed E-state index contributed by atoms with van der Waals surface area (Å²) in [4.78, 5) is 29.3. The molecular formula is C26H25N3O3S2. The third-order valence-electron chi connectivity index (χ3n) is 5.17. The summed E-state index contributed by atoms with van der Waals surface area (Å²) in [5, 5.41) is 9.87. The zero-order chi connectivity index (χ0) is 23.8. The molecule has 6 nitrogen and oxygen atoms in total. The number of thioether (sulfide) groups is 1. The Bertz CT molecular complexity index is 1280. The van der Waals surface area contributed by atoms with Crippen molar-refractivity contribution < 1.29 is 14.3 Å². The number of benzene rings is 3. The van der Waals surface area contributed by atoms with Gasteiger partial charge in [0.05, 0.1) is 25.0 Å². The number of para-hydroxylation sites is 1. The summed E-state index contributed by atoms with van der Waals surface area (Å²) in [6, 6.07) is 21.6. The zero-order valence-corrected chi connectivity index (χ0v) is 20.4. The van der Waals surface area contributed by atoms with Crippen molar-refractivity contribution in [3.05, 3.63) is 83.4 Å². The number of ether oxygens (including phenoxy) is 1. The van der Waals surface area contributed by atoms with Crippen molar-refractivity contribution in [2.45, 2.75) is 17.2 Å². The quantitative estimate of drug-likeness (QED) is 0.307. The van der Waals surface area contributed by atoms with Crippen LogP contribution in [0.5, 0.6) is 5.75 Å². The van der Waals surface area contributed by atoms with Crippen molar-refractivity contribution >= 4 is 51.4 Å². The van der Waals surface area contributed by atoms with E-state index in [1.165, 1.54) is 23.1 Å². The van der Waals surface area contributed by atoms with E-state index in [-0.39, 0.29) is 24.0 Å². The molecule has 4 rings (SSSR count). The Morgan fingerprint density at radius 2 is 1.79 bits per heavy atom. The first-order chi connectivity index (χ1) is 16.6. The first-order valence-electron chi connectivity index (χ1n) is 10.9. The van der Waals surface area contributed by atoms with E-state index >= 15 is 0 Å². The van der Waals surface area contributed by atoms with Gasteiger partial charge in [-0.05, 0) is 29.5 Å². The van der Waals surface area contributed by atoms with E-state index in [0.29, 0.717) is 18.7 Å². The Morgan fingerprint density at radius 3 is 2.68 bits per heavy atom. The molecule has 0 aliphatic heterocycles. The van der Waals surface area contributed by atoms with Crippen LogP contribution in [0, 0.1) is 0 Å². The monoisotopic (exact) mass is 491 g/mol. The summed E-state index contributed by atoms with van der Waals surface area (Å²) in [7, 11) is 1.64. The maximum absolute atomic E-state index is 12.5. The Hall–Kier alpha value is -3.36. The van der Waals surface area contributed by atoms with Crippen molar-refractivity contribution in [2.24, 2.45) is 0 Å². The summed E-state index contributed by atoms with van der Waals surface area (Å²) in [6.07, 6.45) is 0.908. The molecule has 0 saturated carbocycles. The molecule has 0 spiro atoms. The van der Waals surface area contributed by atoms with Crippen molar-refractivity contribution in [2.75, 3.05) is 24.7 Å². The van der Waals surface area contributed by atoms with Crippen molar-refractivity contribution in [3.8, 4) is 5.75 Å². The summed E-state index contributed by atoms with van der Waals surface area (Å²) < 4.78 is 6.11. The summed E-state index contributed by atoms with van der Waals surface area (Å²) >= 11 is 2.81. The molecule has 4 aromatic rings. The van der Waals surface area contributed by atoms with Gasteiger partial charge in [0.15, 0.2) is 4.34 Å². The first kappa shape index (κ1) is 23.8. The van der Waals surface area contributed by atoms with E-state index < -0.39 is 0 Å². The molecule has 3 aromatic carbocycles. The Balaban J connectivity index is 1.22. The van der Waals surface area contributed by atoms with Gasteiger partial charge >= 0.3 is 0 Å². The van der Waals surface area contributed by atoms with E-state index in [9.17, 15) is 9.59 Å². The van der Waals surface area contributed by atoms with Crippen molar-refractivity contribution in [1.82, 2.24) is 10.3 Å². The minimum atomic E-state index is -0.0906. The number of methoxy groups -OCH3 is 1. The standard InChI is InChI=1S/C26H25N3O3S2/c1-32-23-12-5-3-8-19(23)13-14-27-24(30)15-20-16-33-26(28-20)34-17-25(31)29-22-11-6-9-18-7-2-4-10-21(18)22/h2-12,16H,13-15,17H2,1H3,(H,27,30)(H,29,31). The second-order valence-corrected chi connectivity index (χ2v) is 9.64. The smallest absolute Gasteiger partial charge is 0.234 e. The molecule has 1 aromatic heterocycles. The average molecular weight is 492 g/mol. The van der Waals surface area contributed by atoms with Crippen LogP contribution >= 0.6 is 23.1 Å². The SMILES string of the molecule is COc1ccccc1CCNC(=O)Cc1csc(SCC(=O)Nc2cccc3ccccc23)n1. The predicted molar refractivity (Wildman–Crippen MR) is 139 cm³/mol. The highest BCUT2D eigenvalue weighted by atomic mass is 32.2. The molecule has 8 heteroatoms. The van der Waals surface area contributed by atoms with Gasteiger partial charge < -0.3 is 15.4 Å². The van der Waals surface area contributed by atoms with Crippen LogP contribution in [0.15, 0.2) is 76.4 Å². The number of carbonyl (C=O) groups is 2. The lowest BCUT2D eigenvalue weighted by Gasteiger charge is -2.08. The van der Waals surface area contributed by atoms with Crippen LogP contribution in [0.3, 0.4) is 0 Å². The molecule has 0 fully saturated rings. The highest BCUT2D eigenvalue weighted by Crippen LogP contribution is 2.25. The van der Waals surface area contributed by atoms with E-state index in [1.54, 1.807) is 7.11 Å². The summed E-state index contributed by atoms with van der Waals surface area (Å²) in [5.74, 6) is 0.904. The lowest BCUT2D eigenvalue weighted by atomic mass is 10.1. The number of hydrogen-bond donors (Lipinski definition) is 2. The number of thiazole rings is 1. The van der Waals surface area contributed by atoms with Gasteiger partial charge in [0.1, 0.15) is 5.75 Å². The van der Waals surface area contributed by atoms with E-state index in [4.69, 9.17) is 4.74 Å². The van der Waals surface area contributed by atoms with Gasteiger partial charge in [-0.1, -0.05) is 66.4 Å². The van der Waals surface area contributed by atoms with E-state index in [0.717, 1.165) is 32.1 Å². The van der Waals surface area contributed by atoms with Gasteiger partial charge in [-0.3, -0.25) is 9.59 Å². The van der Waals surface area contributed by atoms with E-state index in [2.05, 4.69) is 15.6 Å². The molecular weight excluding hydrogens is 466 g/mol. The van der Waals surface area contributed by atoms with Crippen molar-refractivity contribution in [1.29, 1.82) is 0 Å². The average Bonchev–Trinajstić information content (AvgIpc) is 3.30. The first-order valence-corrected chi connectivity index (χ1v) is 12.7. The molecule has 34 heavy (non-hydrogen) atoms. The summed E-state index contributed by atoms with van der Waals surface area (Å²) in [5.41, 5.74) is 2.56. The number of nitrogens with zero attached hydrogens (tertiary/aromatic N) is 1. The normalized spacial score (nSPS) is 10.7. The van der Waals surface area contributed by atoms with Gasteiger partial charge in [-0.2, -0.15) is 0 Å². The van der Waals surface area contributed by atoms with Gasteiger partial charge in [0.25, 0.3) is 0 Å². The van der Waals surface area contributed by atoms with Crippen LogP contribution in [0.4, 0.5) is 5.69 Å². The fourth-order valence-electron chi connectivity index (χ4n) is 3.56. The minimum absolute atomic E-state index is 0.0783. The molecule has 0 saturated heterocycles. The fraction of sp³-hybridized carbons (Fsp3) is 0.192. The maximum Gasteiger partial charge on any atom is 0.234 e. The van der Waals surface area contributed by atoms with Crippen LogP contribution in [-0.4, -0.2) is 36.2 Å². The number of nitrogens with one attached hydrogen (secondary N) is 2. The zero-order valence-electron chi connectivity index (χ0n) is 18.7. The predicted octanol–water partition coefficient (Wildman–Crippen LogP) is 4.94. The number of anilines is 1. The highest BCUT2D eigenvalue weighted by molar-refractivity contribution is 8.01. The lowest BCUT2D eigenvalue weighted by Crippen LogP contribution is -2.27. The Morgan fingerprint density at radius 1 is 1.00 bits per heavy atom. The number of rotatable bonds is 10. The molecule has 0 bridgehead atoms. The second-order valence-electron chi connectivity index (χ2n) is 7.56. The van der Waals surface area contributed by atoms with Gasteiger partial charge in [0.2, 0.25) is 11.8 Å². The highest BCUT2D eigenvalue weighted by Gasteiger charge is 2.11. The van der Waals surface area contributed by atoms with Gasteiger partial charge in [-0.15, -0.1) is 11.3 Å². The van der Waals surface area contributed by atoms with Crippen LogP contribution in [0.2, 0.25) is 0 Å². The molecule has 0 aliphatic rings. The number of aromatic nitrogens is 1. The summed E-state index contributed by atoms with van der Waals surface area (Å²) in [6.45, 7) is 0.527. The van der Waals surface area contributed by atoms with Crippen LogP contribution in [0.25, 0.3) is 10.8 Å². The van der Waals surface area contributed by atoms with Crippen molar-refractivity contribution in [3.63, 3.8) is 0 Å². The van der Waals surface area contributed by atoms with Crippen LogP contribution in [0.1, 0.15) is 11.3 Å². The number of fused-ring (bicyclic) bond motifs is 1. The molecule has 0 radical (unpaired) electrons. The molecule has 1 heterocycles. The fourth-order valence-corrected chi connectivity index (χ4v) is 5.20. The number of hydrogen-bond acceptors (Lipinski definition) is 6. The van der Waals surface area contributed by atoms with Gasteiger partial charge in [0, 0.05) is 23.0 Å². The van der Waals surface area contributed by atoms with Crippen LogP contribution < -0.4 is 15.4 Å². The molecule has 0 unspecified atom stereocenters. The Labute approximate surface area is 206 Å². The topological polar surface area (TPSA) is 80.3 Å². The van der Waals surface area contributed by atoms with E-state index in [1.807, 2.05) is 72.1 Å². The lowest BCUT2D eigenvalue weighted by molar-refractivity contribution is -0.120. The molecule has 2 N–H and O–H groups in total. The third-order valence-corrected chi connectivity index (χ3v) is 7.24.